The molecule has 1 aromatic carbocycles. The van der Waals surface area contributed by atoms with Crippen LogP contribution in [-0.4, -0.2) is 50.2 Å². The minimum Gasteiger partial charge on any atom is -0.325 e. The van der Waals surface area contributed by atoms with Gasteiger partial charge in [0, 0.05) is 44.4 Å². The maximum Gasteiger partial charge on any atom is 0.255 e. The van der Waals surface area contributed by atoms with Gasteiger partial charge in [-0.05, 0) is 23.6 Å². The van der Waals surface area contributed by atoms with E-state index in [9.17, 15) is 14.4 Å². The number of nitrogens with zero attached hydrogens (tertiary/aromatic N) is 4. The molecule has 1 aromatic heterocycles. The second kappa shape index (κ2) is 8.10. The van der Waals surface area contributed by atoms with E-state index in [1.165, 1.54) is 0 Å². The van der Waals surface area contributed by atoms with E-state index in [1.807, 2.05) is 24.4 Å². The highest BCUT2D eigenvalue weighted by atomic mass is 16.2. The lowest BCUT2D eigenvalue weighted by Crippen LogP contribution is -2.52. The van der Waals surface area contributed by atoms with Crippen molar-refractivity contribution in [3.63, 3.8) is 0 Å². The molecule has 0 radical (unpaired) electrons. The summed E-state index contributed by atoms with van der Waals surface area (Å²) < 4.78 is 1.74. The molecular weight excluding hydrogens is 374 g/mol. The number of amides is 3. The molecule has 10 heteroatoms. The molecule has 4 N–H and O–H groups in total. The van der Waals surface area contributed by atoms with Gasteiger partial charge in [-0.3, -0.25) is 24.4 Å². The molecule has 3 amide bonds. The highest BCUT2D eigenvalue weighted by molar-refractivity contribution is 6.05. The van der Waals surface area contributed by atoms with Crippen molar-refractivity contribution in [2.24, 2.45) is 5.73 Å². The molecule has 1 fully saturated rings. The van der Waals surface area contributed by atoms with Gasteiger partial charge in [-0.1, -0.05) is 17.3 Å². The molecule has 4 rings (SSSR count). The number of carbonyl (C=O) groups is 3. The molecule has 1 saturated heterocycles. The van der Waals surface area contributed by atoms with E-state index < -0.39 is 11.9 Å². The van der Waals surface area contributed by atoms with Gasteiger partial charge in [0.25, 0.3) is 5.91 Å². The summed E-state index contributed by atoms with van der Waals surface area (Å²) in [6.45, 7) is 2.80. The molecule has 0 aliphatic carbocycles. The van der Waals surface area contributed by atoms with Crippen molar-refractivity contribution in [1.82, 2.24) is 30.5 Å². The van der Waals surface area contributed by atoms with Crippen molar-refractivity contribution in [3.8, 4) is 0 Å². The van der Waals surface area contributed by atoms with E-state index in [4.69, 9.17) is 5.73 Å². The Bertz CT molecular complexity index is 955. The first-order valence-corrected chi connectivity index (χ1v) is 9.61. The zero-order chi connectivity index (χ0) is 20.4. The van der Waals surface area contributed by atoms with Gasteiger partial charge in [-0.2, -0.15) is 0 Å². The number of carbonyl (C=O) groups excluding carboxylic acids is 3. The molecule has 1 unspecified atom stereocenters. The standard InChI is InChI=1S/C19H23N7O3/c20-8-14-11-25(24-23-14)6-5-21-9-12-1-2-15-13(7-12)10-26(19(15)29)16-3-4-17(27)22-18(16)28/h1-2,7,11,16,21H,3-6,8-10,20H2,(H,22,27,28). The summed E-state index contributed by atoms with van der Waals surface area (Å²) in [6, 6.07) is 5.13. The van der Waals surface area contributed by atoms with Crippen molar-refractivity contribution in [1.29, 1.82) is 0 Å². The summed E-state index contributed by atoms with van der Waals surface area (Å²) in [5.74, 6) is -0.833. The van der Waals surface area contributed by atoms with Crippen LogP contribution in [-0.2, 0) is 35.8 Å². The quantitative estimate of drug-likeness (QED) is 0.415. The largest absolute Gasteiger partial charge is 0.325 e. The lowest BCUT2D eigenvalue weighted by Gasteiger charge is -2.29. The second-order valence-electron chi connectivity index (χ2n) is 7.25. The van der Waals surface area contributed by atoms with Crippen LogP contribution in [0, 0.1) is 0 Å². The van der Waals surface area contributed by atoms with Gasteiger partial charge in [0.2, 0.25) is 11.8 Å². The zero-order valence-electron chi connectivity index (χ0n) is 15.9. The number of hydrogen-bond acceptors (Lipinski definition) is 7. The Morgan fingerprint density at radius 2 is 2.14 bits per heavy atom. The summed E-state index contributed by atoms with van der Waals surface area (Å²) in [6.07, 6.45) is 2.45. The Morgan fingerprint density at radius 1 is 1.28 bits per heavy atom. The molecule has 2 aliphatic heterocycles. The fourth-order valence-electron chi connectivity index (χ4n) is 3.71. The number of rotatable bonds is 7. The maximum absolute atomic E-state index is 12.7. The number of hydrogen-bond donors (Lipinski definition) is 3. The fourth-order valence-corrected chi connectivity index (χ4v) is 3.71. The zero-order valence-corrected chi connectivity index (χ0v) is 15.9. The molecule has 0 bridgehead atoms. The Hall–Kier alpha value is -3.11. The Balaban J connectivity index is 1.33. The van der Waals surface area contributed by atoms with Crippen molar-refractivity contribution in [2.75, 3.05) is 6.54 Å². The number of imide groups is 1. The van der Waals surface area contributed by atoms with Crippen molar-refractivity contribution in [3.05, 3.63) is 46.8 Å². The lowest BCUT2D eigenvalue weighted by atomic mass is 10.0. The van der Waals surface area contributed by atoms with Gasteiger partial charge in [-0.15, -0.1) is 5.10 Å². The number of aromatic nitrogens is 3. The maximum atomic E-state index is 12.7. The number of nitrogens with one attached hydrogen (secondary N) is 2. The van der Waals surface area contributed by atoms with Crippen molar-refractivity contribution >= 4 is 17.7 Å². The second-order valence-corrected chi connectivity index (χ2v) is 7.25. The molecule has 0 spiro atoms. The summed E-state index contributed by atoms with van der Waals surface area (Å²) in [5, 5.41) is 13.6. The van der Waals surface area contributed by atoms with Crippen molar-refractivity contribution < 1.29 is 14.4 Å². The highest BCUT2D eigenvalue weighted by Gasteiger charge is 2.38. The molecule has 2 aromatic rings. The third-order valence-electron chi connectivity index (χ3n) is 5.23. The average Bonchev–Trinajstić information content (AvgIpc) is 3.30. The van der Waals surface area contributed by atoms with Crippen molar-refractivity contribution in [2.45, 2.75) is 45.1 Å². The van der Waals surface area contributed by atoms with E-state index >= 15 is 0 Å². The SMILES string of the molecule is NCc1cn(CCNCc2ccc3c(c2)CN(C2CCC(=O)NC2=O)C3=O)nn1. The van der Waals surface area contributed by atoms with Gasteiger partial charge in [0.05, 0.1) is 12.2 Å². The molecule has 0 saturated carbocycles. The van der Waals surface area contributed by atoms with Crippen LogP contribution in [0.15, 0.2) is 24.4 Å². The van der Waals surface area contributed by atoms with Crippen LogP contribution >= 0.6 is 0 Å². The van der Waals surface area contributed by atoms with E-state index in [1.54, 1.807) is 9.58 Å². The highest BCUT2D eigenvalue weighted by Crippen LogP contribution is 2.28. The molecular formula is C19H23N7O3. The predicted octanol–water partition coefficient (Wildman–Crippen LogP) is -0.712. The minimum atomic E-state index is -0.588. The molecule has 3 heterocycles. The smallest absolute Gasteiger partial charge is 0.255 e. The topological polar surface area (TPSA) is 135 Å². The third-order valence-corrected chi connectivity index (χ3v) is 5.23. The Labute approximate surface area is 167 Å². The van der Waals surface area contributed by atoms with Crippen LogP contribution in [0.25, 0.3) is 0 Å². The predicted molar refractivity (Wildman–Crippen MR) is 102 cm³/mol. The van der Waals surface area contributed by atoms with E-state index in [-0.39, 0.29) is 18.2 Å². The lowest BCUT2D eigenvalue weighted by molar-refractivity contribution is -0.136. The van der Waals surface area contributed by atoms with E-state index in [0.717, 1.165) is 16.8 Å². The van der Waals surface area contributed by atoms with Crippen LogP contribution in [0.5, 0.6) is 0 Å². The number of nitrogens with two attached hydrogens (primary N) is 1. The van der Waals surface area contributed by atoms with Crippen LogP contribution < -0.4 is 16.4 Å². The molecule has 1 atom stereocenters. The minimum absolute atomic E-state index is 0.157. The van der Waals surface area contributed by atoms with Crippen LogP contribution in [0.3, 0.4) is 0 Å². The molecule has 10 nitrogen and oxygen atoms in total. The van der Waals surface area contributed by atoms with Crippen LogP contribution in [0.2, 0.25) is 0 Å². The normalized spacial score (nSPS) is 18.9. The first-order valence-electron chi connectivity index (χ1n) is 9.61. The average molecular weight is 397 g/mol. The van der Waals surface area contributed by atoms with E-state index in [0.29, 0.717) is 44.7 Å². The summed E-state index contributed by atoms with van der Waals surface area (Å²) >= 11 is 0. The first-order chi connectivity index (χ1) is 14.0. The van der Waals surface area contributed by atoms with Gasteiger partial charge in [-0.25, -0.2) is 0 Å². The van der Waals surface area contributed by atoms with Gasteiger partial charge in [0.15, 0.2) is 0 Å². The Morgan fingerprint density at radius 3 is 2.90 bits per heavy atom. The Kier molecular flexibility index (Phi) is 5.36. The summed E-state index contributed by atoms with van der Waals surface area (Å²) in [7, 11) is 0. The number of fused-ring (bicyclic) bond motifs is 1. The van der Waals surface area contributed by atoms with Gasteiger partial charge in [0.1, 0.15) is 6.04 Å². The van der Waals surface area contributed by atoms with Gasteiger partial charge >= 0.3 is 0 Å². The van der Waals surface area contributed by atoms with Gasteiger partial charge < -0.3 is 16.0 Å². The molecule has 29 heavy (non-hydrogen) atoms. The number of benzene rings is 1. The number of piperidine rings is 1. The molecule has 2 aliphatic rings. The van der Waals surface area contributed by atoms with Crippen LogP contribution in [0.4, 0.5) is 0 Å². The third kappa shape index (κ3) is 4.03. The first kappa shape index (κ1) is 19.2. The fraction of sp³-hybridized carbons (Fsp3) is 0.421. The summed E-state index contributed by atoms with van der Waals surface area (Å²) in [5.41, 5.74) is 8.87. The van der Waals surface area contributed by atoms with Crippen LogP contribution in [0.1, 0.15) is 40.0 Å². The molecule has 152 valence electrons. The monoisotopic (exact) mass is 397 g/mol. The van der Waals surface area contributed by atoms with E-state index in [2.05, 4.69) is 20.9 Å². The summed E-state index contributed by atoms with van der Waals surface area (Å²) in [4.78, 5) is 37.7.